The monoisotopic (exact) mass is 422 g/mol. The minimum atomic E-state index is -7.51. The van der Waals surface area contributed by atoms with Crippen LogP contribution in [0.1, 0.15) is 45.4 Å². The van der Waals surface area contributed by atoms with E-state index in [-0.39, 0.29) is 6.42 Å². The Morgan fingerprint density at radius 1 is 0.852 bits per heavy atom. The topological polar surface area (TPSA) is 20.2 Å². The molecule has 1 nitrogen and oxygen atoms in total. The average Bonchev–Trinajstić information content (AvgIpc) is 2.88. The fraction of sp³-hybridized carbons (Fsp3) is 0.867. The van der Waals surface area contributed by atoms with E-state index in [9.17, 15) is 53.4 Å². The van der Waals surface area contributed by atoms with Gasteiger partial charge in [-0.25, -0.2) is 0 Å². The molecule has 0 saturated heterocycles. The highest BCUT2D eigenvalue weighted by Crippen LogP contribution is 2.61. The Bertz CT molecular complexity index is 565. The second-order valence-electron chi connectivity index (χ2n) is 6.38. The van der Waals surface area contributed by atoms with E-state index in [0.29, 0.717) is 12.8 Å². The highest BCUT2D eigenvalue weighted by Gasteiger charge is 2.89. The van der Waals surface area contributed by atoms with Gasteiger partial charge in [-0.2, -0.15) is 48.3 Å². The maximum atomic E-state index is 14.2. The Balaban J connectivity index is 3.36. The molecule has 12 heteroatoms. The summed E-state index contributed by atoms with van der Waals surface area (Å²) in [5.74, 6) is -28.4. The van der Waals surface area contributed by atoms with E-state index in [1.165, 1.54) is 0 Å². The third kappa shape index (κ3) is 3.42. The molecule has 0 saturated carbocycles. The third-order valence-corrected chi connectivity index (χ3v) is 4.54. The van der Waals surface area contributed by atoms with E-state index in [1.807, 2.05) is 0 Å². The molecule has 0 radical (unpaired) electrons. The summed E-state index contributed by atoms with van der Waals surface area (Å²) in [5.41, 5.74) is -4.75. The fourth-order valence-corrected chi connectivity index (χ4v) is 2.85. The number of aliphatic hydroxyl groups is 1. The molecule has 0 amide bonds. The summed E-state index contributed by atoms with van der Waals surface area (Å²) in [5, 5.41) is 9.99. The molecule has 0 aromatic carbocycles. The molecule has 1 atom stereocenters. The van der Waals surface area contributed by atoms with Crippen molar-refractivity contribution < 1.29 is 53.4 Å². The van der Waals surface area contributed by atoms with Gasteiger partial charge in [0.2, 0.25) is 0 Å². The SMILES string of the molecule is CCCCCC1=CCCC1(O)C(F)(F)C(F)(F)C(F)(F)C(F)(F)C(F)(F)F. The molecule has 0 aliphatic heterocycles. The summed E-state index contributed by atoms with van der Waals surface area (Å²) >= 11 is 0. The number of allylic oxidation sites excluding steroid dienone is 1. The first-order valence-electron chi connectivity index (χ1n) is 7.91. The van der Waals surface area contributed by atoms with E-state index in [1.54, 1.807) is 6.92 Å². The number of unbranched alkanes of at least 4 members (excludes halogenated alkanes) is 2. The molecule has 160 valence electrons. The summed E-state index contributed by atoms with van der Waals surface area (Å²) < 4.78 is 145. The number of rotatable bonds is 8. The second-order valence-corrected chi connectivity index (χ2v) is 6.38. The molecule has 1 unspecified atom stereocenters. The molecule has 0 heterocycles. The van der Waals surface area contributed by atoms with Crippen LogP contribution in [0.5, 0.6) is 0 Å². The first kappa shape index (κ1) is 24.0. The first-order valence-corrected chi connectivity index (χ1v) is 7.91. The average molecular weight is 422 g/mol. The van der Waals surface area contributed by atoms with E-state index in [4.69, 9.17) is 0 Å². The van der Waals surface area contributed by atoms with Crippen LogP contribution in [0.2, 0.25) is 0 Å². The van der Waals surface area contributed by atoms with Crippen molar-refractivity contribution in [2.24, 2.45) is 0 Å². The van der Waals surface area contributed by atoms with Crippen LogP contribution in [0.15, 0.2) is 11.6 Å². The standard InChI is InChI=1S/C15H17F11O/c1-2-3-4-6-9-7-5-8-10(9,27)11(16,17)12(18,19)13(20,21)14(22,23)15(24,25)26/h7,27H,2-6,8H2,1H3. The van der Waals surface area contributed by atoms with Gasteiger partial charge in [-0.15, -0.1) is 0 Å². The van der Waals surface area contributed by atoms with Crippen molar-refractivity contribution >= 4 is 0 Å². The van der Waals surface area contributed by atoms with Gasteiger partial charge in [0.25, 0.3) is 0 Å². The minimum absolute atomic E-state index is 0.0986. The van der Waals surface area contributed by atoms with Crippen LogP contribution >= 0.6 is 0 Å². The molecule has 0 bridgehead atoms. The van der Waals surface area contributed by atoms with Crippen molar-refractivity contribution in [3.8, 4) is 0 Å². The number of halogens is 11. The zero-order valence-electron chi connectivity index (χ0n) is 13.9. The van der Waals surface area contributed by atoms with Crippen LogP contribution in [0, 0.1) is 0 Å². The van der Waals surface area contributed by atoms with Crippen LogP contribution in [-0.4, -0.2) is 40.6 Å². The summed E-state index contributed by atoms with van der Waals surface area (Å²) in [4.78, 5) is 0. The molecular weight excluding hydrogens is 405 g/mol. The lowest BCUT2D eigenvalue weighted by atomic mass is 9.79. The zero-order valence-corrected chi connectivity index (χ0v) is 13.9. The van der Waals surface area contributed by atoms with Crippen molar-refractivity contribution in [2.75, 3.05) is 0 Å². The maximum absolute atomic E-state index is 14.2. The van der Waals surface area contributed by atoms with Crippen molar-refractivity contribution in [3.05, 3.63) is 11.6 Å². The molecule has 1 aliphatic rings. The Hall–Kier alpha value is -1.07. The predicted molar refractivity (Wildman–Crippen MR) is 72.3 cm³/mol. The lowest BCUT2D eigenvalue weighted by Gasteiger charge is -2.43. The van der Waals surface area contributed by atoms with E-state index < -0.39 is 60.3 Å². The van der Waals surface area contributed by atoms with Gasteiger partial charge in [0.05, 0.1) is 0 Å². The largest absolute Gasteiger partial charge is 0.460 e. The van der Waals surface area contributed by atoms with Crippen molar-refractivity contribution in [3.63, 3.8) is 0 Å². The van der Waals surface area contributed by atoms with Crippen LogP contribution < -0.4 is 0 Å². The molecule has 27 heavy (non-hydrogen) atoms. The maximum Gasteiger partial charge on any atom is 0.460 e. The highest BCUT2D eigenvalue weighted by molar-refractivity contribution is 5.30. The summed E-state index contributed by atoms with van der Waals surface area (Å²) in [6.45, 7) is 1.69. The molecule has 1 rings (SSSR count). The summed E-state index contributed by atoms with van der Waals surface area (Å²) in [6.07, 6.45) is -7.38. The molecule has 0 aromatic heterocycles. The van der Waals surface area contributed by atoms with E-state index in [2.05, 4.69) is 0 Å². The Morgan fingerprint density at radius 3 is 1.81 bits per heavy atom. The Kier molecular flexibility index (Phi) is 6.28. The molecule has 1 aliphatic carbocycles. The van der Waals surface area contributed by atoms with Gasteiger partial charge in [0.15, 0.2) is 5.60 Å². The molecule has 1 N–H and O–H groups in total. The Labute approximate surface area is 147 Å². The lowest BCUT2D eigenvalue weighted by Crippen LogP contribution is -2.71. The number of alkyl halides is 11. The van der Waals surface area contributed by atoms with Gasteiger partial charge in [0.1, 0.15) is 0 Å². The first-order chi connectivity index (χ1) is 11.9. The normalized spacial score (nSPS) is 22.9. The van der Waals surface area contributed by atoms with Crippen molar-refractivity contribution in [2.45, 2.75) is 80.9 Å². The number of hydrogen-bond acceptors (Lipinski definition) is 1. The second kappa shape index (κ2) is 7.07. The van der Waals surface area contributed by atoms with Crippen LogP contribution in [0.3, 0.4) is 0 Å². The van der Waals surface area contributed by atoms with Crippen LogP contribution in [-0.2, 0) is 0 Å². The highest BCUT2D eigenvalue weighted by atomic mass is 19.4. The van der Waals surface area contributed by atoms with Crippen LogP contribution in [0.25, 0.3) is 0 Å². The van der Waals surface area contributed by atoms with Gasteiger partial charge in [-0.1, -0.05) is 25.8 Å². The van der Waals surface area contributed by atoms with E-state index in [0.717, 1.165) is 6.08 Å². The summed E-state index contributed by atoms with van der Waals surface area (Å²) in [6, 6.07) is 0. The Morgan fingerprint density at radius 2 is 1.37 bits per heavy atom. The number of hydrogen-bond donors (Lipinski definition) is 1. The quantitative estimate of drug-likeness (QED) is 0.284. The van der Waals surface area contributed by atoms with Gasteiger partial charge in [-0.05, 0) is 31.3 Å². The fourth-order valence-electron chi connectivity index (χ4n) is 2.85. The molecule has 0 aromatic rings. The van der Waals surface area contributed by atoms with Crippen molar-refractivity contribution in [1.29, 1.82) is 0 Å². The zero-order chi connectivity index (χ0) is 21.5. The van der Waals surface area contributed by atoms with Gasteiger partial charge < -0.3 is 5.11 Å². The lowest BCUT2D eigenvalue weighted by molar-refractivity contribution is -0.433. The van der Waals surface area contributed by atoms with Gasteiger partial charge in [0, 0.05) is 0 Å². The molecular formula is C15H17F11O. The van der Waals surface area contributed by atoms with Crippen LogP contribution in [0.4, 0.5) is 48.3 Å². The third-order valence-electron chi connectivity index (χ3n) is 4.54. The summed E-state index contributed by atoms with van der Waals surface area (Å²) in [7, 11) is 0. The predicted octanol–water partition coefficient (Wildman–Crippen LogP) is 6.12. The molecule has 0 fully saturated rings. The van der Waals surface area contributed by atoms with Gasteiger partial charge in [-0.3, -0.25) is 0 Å². The molecule has 0 spiro atoms. The minimum Gasteiger partial charge on any atom is -0.379 e. The van der Waals surface area contributed by atoms with E-state index >= 15 is 0 Å². The van der Waals surface area contributed by atoms with Gasteiger partial charge >= 0.3 is 29.9 Å². The smallest absolute Gasteiger partial charge is 0.379 e. The van der Waals surface area contributed by atoms with Crippen molar-refractivity contribution in [1.82, 2.24) is 0 Å².